The Bertz CT molecular complexity index is 878. The SMILES string of the molecule is OC(Cc1cncnc1)(c1ccc(-c2ccc(Cl)cc2)cn1)C1CCCC1. The van der Waals surface area contributed by atoms with E-state index in [9.17, 15) is 5.11 Å². The van der Waals surface area contributed by atoms with Gasteiger partial charge in [0.1, 0.15) is 11.9 Å². The van der Waals surface area contributed by atoms with Crippen LogP contribution in [0.1, 0.15) is 36.9 Å². The average molecular weight is 380 g/mol. The van der Waals surface area contributed by atoms with Crippen molar-refractivity contribution in [2.75, 3.05) is 0 Å². The summed E-state index contributed by atoms with van der Waals surface area (Å²) < 4.78 is 0. The van der Waals surface area contributed by atoms with Gasteiger partial charge in [0.25, 0.3) is 0 Å². The predicted octanol–water partition coefficient (Wildman–Crippen LogP) is 4.81. The van der Waals surface area contributed by atoms with Gasteiger partial charge in [0.05, 0.1) is 5.69 Å². The second kappa shape index (κ2) is 7.75. The van der Waals surface area contributed by atoms with Gasteiger partial charge in [-0.25, -0.2) is 9.97 Å². The van der Waals surface area contributed by atoms with E-state index in [0.717, 1.165) is 48.1 Å². The number of aromatic nitrogens is 3. The molecule has 1 unspecified atom stereocenters. The van der Waals surface area contributed by atoms with E-state index in [0.29, 0.717) is 11.4 Å². The van der Waals surface area contributed by atoms with Crippen molar-refractivity contribution < 1.29 is 5.11 Å². The standard InChI is InChI=1S/C22H22ClN3O/c23-20-8-5-17(6-9-20)18-7-10-21(26-14-18)22(27,19-3-1-2-4-19)11-16-12-24-15-25-13-16/h5-10,12-15,19,27H,1-4,11H2. The minimum absolute atomic E-state index is 0.201. The Morgan fingerprint density at radius 2 is 1.59 bits per heavy atom. The molecule has 1 aliphatic rings. The molecule has 3 aromatic rings. The van der Waals surface area contributed by atoms with Crippen LogP contribution in [0.25, 0.3) is 11.1 Å². The Balaban J connectivity index is 1.66. The van der Waals surface area contributed by atoms with Crippen LogP contribution in [0.5, 0.6) is 0 Å². The Kier molecular flexibility index (Phi) is 5.19. The largest absolute Gasteiger partial charge is 0.383 e. The van der Waals surface area contributed by atoms with E-state index < -0.39 is 5.60 Å². The minimum atomic E-state index is -1.00. The summed E-state index contributed by atoms with van der Waals surface area (Å²) in [6.07, 6.45) is 11.7. The highest BCUT2D eigenvalue weighted by Crippen LogP contribution is 2.42. The van der Waals surface area contributed by atoms with Crippen LogP contribution in [0.15, 0.2) is 61.3 Å². The van der Waals surface area contributed by atoms with E-state index in [1.807, 2.05) is 42.6 Å². The number of benzene rings is 1. The quantitative estimate of drug-likeness (QED) is 0.690. The number of pyridine rings is 1. The van der Waals surface area contributed by atoms with E-state index in [2.05, 4.69) is 15.0 Å². The third kappa shape index (κ3) is 3.87. The Morgan fingerprint density at radius 1 is 0.926 bits per heavy atom. The fourth-order valence-corrected chi connectivity index (χ4v) is 4.17. The van der Waals surface area contributed by atoms with Gasteiger partial charge in [0, 0.05) is 35.6 Å². The first-order chi connectivity index (χ1) is 13.1. The maximum atomic E-state index is 11.7. The lowest BCUT2D eigenvalue weighted by Crippen LogP contribution is -2.37. The van der Waals surface area contributed by atoms with Crippen LogP contribution in [0.4, 0.5) is 0 Å². The summed E-state index contributed by atoms with van der Waals surface area (Å²) in [4.78, 5) is 12.9. The Morgan fingerprint density at radius 3 is 2.22 bits per heavy atom. The van der Waals surface area contributed by atoms with Gasteiger partial charge in [0.15, 0.2) is 0 Å². The predicted molar refractivity (Wildman–Crippen MR) is 106 cm³/mol. The zero-order valence-electron chi connectivity index (χ0n) is 15.1. The molecule has 0 amide bonds. The monoisotopic (exact) mass is 379 g/mol. The van der Waals surface area contributed by atoms with Crippen LogP contribution in [0, 0.1) is 5.92 Å². The lowest BCUT2D eigenvalue weighted by molar-refractivity contribution is -0.0258. The smallest absolute Gasteiger partial charge is 0.115 e. The molecule has 1 atom stereocenters. The molecule has 138 valence electrons. The Labute approximate surface area is 164 Å². The van der Waals surface area contributed by atoms with Gasteiger partial charge < -0.3 is 5.11 Å². The van der Waals surface area contributed by atoms with Crippen molar-refractivity contribution in [3.8, 4) is 11.1 Å². The molecule has 0 saturated heterocycles. The van der Waals surface area contributed by atoms with Crippen LogP contribution in [-0.2, 0) is 12.0 Å². The molecule has 27 heavy (non-hydrogen) atoms. The summed E-state index contributed by atoms with van der Waals surface area (Å²) in [6.45, 7) is 0. The molecule has 1 fully saturated rings. The molecule has 0 bridgehead atoms. The summed E-state index contributed by atoms with van der Waals surface area (Å²) in [5.74, 6) is 0.201. The van der Waals surface area contributed by atoms with Crippen molar-refractivity contribution in [2.24, 2.45) is 5.92 Å². The van der Waals surface area contributed by atoms with Crippen LogP contribution < -0.4 is 0 Å². The van der Waals surface area contributed by atoms with Crippen molar-refractivity contribution in [1.82, 2.24) is 15.0 Å². The number of hydrogen-bond acceptors (Lipinski definition) is 4. The van der Waals surface area contributed by atoms with Crippen molar-refractivity contribution in [1.29, 1.82) is 0 Å². The molecule has 0 spiro atoms. The Hall–Kier alpha value is -2.30. The molecule has 1 N–H and O–H groups in total. The maximum Gasteiger partial charge on any atom is 0.115 e. The first-order valence-electron chi connectivity index (χ1n) is 9.34. The van der Waals surface area contributed by atoms with Crippen LogP contribution >= 0.6 is 11.6 Å². The molecule has 0 radical (unpaired) electrons. The van der Waals surface area contributed by atoms with Gasteiger partial charge in [-0.2, -0.15) is 0 Å². The third-order valence-corrected chi connectivity index (χ3v) is 5.75. The minimum Gasteiger partial charge on any atom is -0.383 e. The van der Waals surface area contributed by atoms with Gasteiger partial charge in [0.2, 0.25) is 0 Å². The van der Waals surface area contributed by atoms with E-state index >= 15 is 0 Å². The second-order valence-corrected chi connectivity index (χ2v) is 7.70. The van der Waals surface area contributed by atoms with Crippen LogP contribution in [0.3, 0.4) is 0 Å². The first kappa shape index (κ1) is 18.1. The second-order valence-electron chi connectivity index (χ2n) is 7.27. The van der Waals surface area contributed by atoms with E-state index in [4.69, 9.17) is 11.6 Å². The van der Waals surface area contributed by atoms with E-state index in [1.165, 1.54) is 6.33 Å². The molecular weight excluding hydrogens is 358 g/mol. The number of aliphatic hydroxyl groups is 1. The van der Waals surface area contributed by atoms with Gasteiger partial charge in [-0.3, -0.25) is 4.98 Å². The van der Waals surface area contributed by atoms with E-state index in [-0.39, 0.29) is 5.92 Å². The molecule has 1 aromatic carbocycles. The number of hydrogen-bond donors (Lipinski definition) is 1. The topological polar surface area (TPSA) is 58.9 Å². The lowest BCUT2D eigenvalue weighted by Gasteiger charge is -2.34. The normalized spacial score (nSPS) is 17.0. The van der Waals surface area contributed by atoms with Crippen molar-refractivity contribution in [3.63, 3.8) is 0 Å². The fourth-order valence-electron chi connectivity index (χ4n) is 4.04. The molecule has 2 aromatic heterocycles. The summed E-state index contributed by atoms with van der Waals surface area (Å²) in [5.41, 5.74) is 2.71. The van der Waals surface area contributed by atoms with Crippen LogP contribution in [0.2, 0.25) is 5.02 Å². The fraction of sp³-hybridized carbons (Fsp3) is 0.318. The summed E-state index contributed by atoms with van der Waals surface area (Å²) in [5, 5.41) is 12.4. The van der Waals surface area contributed by atoms with Crippen molar-refractivity contribution in [3.05, 3.63) is 77.6 Å². The highest BCUT2D eigenvalue weighted by Gasteiger charge is 2.41. The van der Waals surface area contributed by atoms with E-state index in [1.54, 1.807) is 12.4 Å². The lowest BCUT2D eigenvalue weighted by atomic mass is 9.78. The molecule has 1 saturated carbocycles. The van der Waals surface area contributed by atoms with Gasteiger partial charge >= 0.3 is 0 Å². The molecule has 5 heteroatoms. The summed E-state index contributed by atoms with van der Waals surface area (Å²) in [7, 11) is 0. The zero-order chi connectivity index (χ0) is 18.7. The maximum absolute atomic E-state index is 11.7. The number of halogens is 1. The number of nitrogens with zero attached hydrogens (tertiary/aromatic N) is 3. The third-order valence-electron chi connectivity index (χ3n) is 5.50. The molecule has 1 aliphatic carbocycles. The van der Waals surface area contributed by atoms with Crippen molar-refractivity contribution >= 4 is 11.6 Å². The molecule has 2 heterocycles. The molecular formula is C22H22ClN3O. The highest BCUT2D eigenvalue weighted by molar-refractivity contribution is 6.30. The number of rotatable bonds is 5. The average Bonchev–Trinajstić information content (AvgIpc) is 3.25. The molecule has 4 rings (SSSR count). The molecule has 0 aliphatic heterocycles. The van der Waals surface area contributed by atoms with Gasteiger partial charge in [-0.05, 0) is 48.1 Å². The van der Waals surface area contributed by atoms with Gasteiger partial charge in [-0.15, -0.1) is 0 Å². The molecule has 4 nitrogen and oxygen atoms in total. The summed E-state index contributed by atoms with van der Waals surface area (Å²) in [6, 6.07) is 11.7. The summed E-state index contributed by atoms with van der Waals surface area (Å²) >= 11 is 5.98. The van der Waals surface area contributed by atoms with Gasteiger partial charge in [-0.1, -0.05) is 42.6 Å². The van der Waals surface area contributed by atoms with Crippen LogP contribution in [-0.4, -0.2) is 20.1 Å². The first-order valence-corrected chi connectivity index (χ1v) is 9.72. The van der Waals surface area contributed by atoms with Crippen molar-refractivity contribution in [2.45, 2.75) is 37.7 Å². The highest BCUT2D eigenvalue weighted by atomic mass is 35.5. The zero-order valence-corrected chi connectivity index (χ0v) is 15.8.